The van der Waals surface area contributed by atoms with E-state index in [1.807, 2.05) is 18.4 Å². The predicted molar refractivity (Wildman–Crippen MR) is 84.4 cm³/mol. The first-order valence-corrected chi connectivity index (χ1v) is 7.56. The summed E-state index contributed by atoms with van der Waals surface area (Å²) in [5, 5.41) is 0.676. The van der Waals surface area contributed by atoms with Gasteiger partial charge in [-0.3, -0.25) is 4.98 Å². The van der Waals surface area contributed by atoms with Gasteiger partial charge in [0.05, 0.1) is 0 Å². The molecular formula is C16H13FN2OS. The van der Waals surface area contributed by atoms with Crippen LogP contribution >= 0.6 is 11.8 Å². The Bertz CT molecular complexity index is 790. The molecule has 0 amide bonds. The summed E-state index contributed by atoms with van der Waals surface area (Å²) in [5.74, 6) is 0.132. The molecule has 0 saturated carbocycles. The molecule has 3 rings (SSSR count). The van der Waals surface area contributed by atoms with Crippen LogP contribution in [0.3, 0.4) is 0 Å². The minimum atomic E-state index is -0.521. The van der Waals surface area contributed by atoms with Gasteiger partial charge in [-0.2, -0.15) is 0 Å². The fourth-order valence-electron chi connectivity index (χ4n) is 2.07. The summed E-state index contributed by atoms with van der Waals surface area (Å²) in [6.07, 6.45) is 3.58. The highest BCUT2D eigenvalue weighted by Gasteiger charge is 2.14. The lowest BCUT2D eigenvalue weighted by molar-refractivity contribution is 0.447. The molecule has 0 aliphatic heterocycles. The highest BCUT2D eigenvalue weighted by Crippen LogP contribution is 2.34. The van der Waals surface area contributed by atoms with Crippen LogP contribution in [-0.2, 0) is 0 Å². The Morgan fingerprint density at radius 1 is 1.19 bits per heavy atom. The molecule has 0 aliphatic rings. The normalized spacial score (nSPS) is 10.8. The molecule has 1 aromatic heterocycles. The van der Waals surface area contributed by atoms with Crippen molar-refractivity contribution in [2.75, 3.05) is 12.0 Å². The third kappa shape index (κ3) is 2.64. The van der Waals surface area contributed by atoms with Crippen LogP contribution in [0.2, 0.25) is 0 Å². The zero-order valence-corrected chi connectivity index (χ0v) is 12.2. The fourth-order valence-corrected chi connectivity index (χ4v) is 2.48. The van der Waals surface area contributed by atoms with Gasteiger partial charge in [-0.1, -0.05) is 0 Å². The molecule has 2 N–H and O–H groups in total. The number of hydrogen-bond acceptors (Lipinski definition) is 4. The smallest absolute Gasteiger partial charge is 0.189 e. The second kappa shape index (κ2) is 5.61. The Kier molecular flexibility index (Phi) is 3.66. The van der Waals surface area contributed by atoms with Crippen molar-refractivity contribution in [3.8, 4) is 11.5 Å². The second-order valence-electron chi connectivity index (χ2n) is 4.45. The molecule has 0 unspecified atom stereocenters. The van der Waals surface area contributed by atoms with Crippen molar-refractivity contribution in [2.45, 2.75) is 4.90 Å². The number of ether oxygens (including phenoxy) is 1. The molecule has 0 radical (unpaired) electrons. The van der Waals surface area contributed by atoms with Crippen molar-refractivity contribution in [3.05, 3.63) is 54.5 Å². The number of aromatic nitrogens is 1. The van der Waals surface area contributed by atoms with Crippen LogP contribution in [0.1, 0.15) is 0 Å². The van der Waals surface area contributed by atoms with E-state index in [2.05, 4.69) is 4.98 Å². The molecule has 0 saturated heterocycles. The van der Waals surface area contributed by atoms with Crippen LogP contribution in [0, 0.1) is 5.82 Å². The number of nitrogens with two attached hydrogens (primary N) is 1. The summed E-state index contributed by atoms with van der Waals surface area (Å²) in [4.78, 5) is 5.30. The molecule has 0 spiro atoms. The number of pyridine rings is 1. The molecule has 1 heterocycles. The van der Waals surface area contributed by atoms with Crippen LogP contribution in [-0.4, -0.2) is 11.2 Å². The van der Waals surface area contributed by atoms with Crippen LogP contribution in [0.4, 0.5) is 10.1 Å². The van der Waals surface area contributed by atoms with E-state index >= 15 is 0 Å². The summed E-state index contributed by atoms with van der Waals surface area (Å²) in [6.45, 7) is 0. The van der Waals surface area contributed by atoms with Crippen molar-refractivity contribution in [1.29, 1.82) is 0 Å². The largest absolute Gasteiger partial charge is 0.452 e. The molecule has 0 fully saturated rings. The Balaban J connectivity index is 2.07. The van der Waals surface area contributed by atoms with E-state index in [1.54, 1.807) is 42.2 Å². The van der Waals surface area contributed by atoms with Gasteiger partial charge in [0, 0.05) is 28.2 Å². The lowest BCUT2D eigenvalue weighted by atomic mass is 10.1. The number of anilines is 1. The second-order valence-corrected chi connectivity index (χ2v) is 5.33. The van der Waals surface area contributed by atoms with Crippen molar-refractivity contribution >= 4 is 28.4 Å². The van der Waals surface area contributed by atoms with Gasteiger partial charge >= 0.3 is 0 Å². The number of nitrogen functional groups attached to an aromatic ring is 1. The number of rotatable bonds is 3. The van der Waals surface area contributed by atoms with Crippen LogP contribution in [0.5, 0.6) is 11.5 Å². The van der Waals surface area contributed by atoms with Crippen LogP contribution < -0.4 is 10.5 Å². The van der Waals surface area contributed by atoms with E-state index in [0.717, 1.165) is 4.90 Å². The first kappa shape index (κ1) is 13.7. The first-order chi connectivity index (χ1) is 10.2. The average molecular weight is 300 g/mol. The highest BCUT2D eigenvalue weighted by molar-refractivity contribution is 7.98. The monoisotopic (exact) mass is 300 g/mol. The number of fused-ring (bicyclic) bond motifs is 1. The van der Waals surface area contributed by atoms with Gasteiger partial charge in [-0.05, 0) is 42.7 Å². The van der Waals surface area contributed by atoms with E-state index in [9.17, 15) is 4.39 Å². The predicted octanol–water partition coefficient (Wildman–Crippen LogP) is 4.47. The molecule has 2 aromatic carbocycles. The average Bonchev–Trinajstić information content (AvgIpc) is 2.52. The van der Waals surface area contributed by atoms with E-state index in [4.69, 9.17) is 10.5 Å². The molecule has 0 bridgehead atoms. The molecule has 0 aliphatic carbocycles. The first-order valence-electron chi connectivity index (χ1n) is 6.33. The molecule has 3 nitrogen and oxygen atoms in total. The molecule has 0 atom stereocenters. The van der Waals surface area contributed by atoms with E-state index in [-0.39, 0.29) is 5.75 Å². The van der Waals surface area contributed by atoms with Gasteiger partial charge < -0.3 is 10.5 Å². The maximum atomic E-state index is 14.2. The maximum Gasteiger partial charge on any atom is 0.189 e. The molecule has 3 aromatic rings. The zero-order valence-electron chi connectivity index (χ0n) is 11.3. The van der Waals surface area contributed by atoms with E-state index < -0.39 is 5.82 Å². The van der Waals surface area contributed by atoms with E-state index in [0.29, 0.717) is 22.3 Å². The van der Waals surface area contributed by atoms with Crippen LogP contribution in [0.25, 0.3) is 10.9 Å². The van der Waals surface area contributed by atoms with Gasteiger partial charge in [0.15, 0.2) is 11.6 Å². The quantitative estimate of drug-likeness (QED) is 0.572. The van der Waals surface area contributed by atoms with Gasteiger partial charge in [-0.25, -0.2) is 4.39 Å². The number of halogens is 1. The molecule has 5 heteroatoms. The fraction of sp³-hybridized carbons (Fsp3) is 0.0625. The third-order valence-corrected chi connectivity index (χ3v) is 3.86. The minimum absolute atomic E-state index is 0.0942. The standard InChI is InChI=1S/C16H13FN2OS/c1-21-11-6-4-10(5-7-11)20-16-13(17)9-14(18)12-3-2-8-19-15(12)16/h2-9H,18H2,1H3. The van der Waals surface area contributed by atoms with Gasteiger partial charge in [0.1, 0.15) is 11.3 Å². The third-order valence-electron chi connectivity index (χ3n) is 3.11. The Hall–Kier alpha value is -2.27. The summed E-state index contributed by atoms with van der Waals surface area (Å²) in [6, 6.07) is 12.3. The topological polar surface area (TPSA) is 48.1 Å². The summed E-state index contributed by atoms with van der Waals surface area (Å²) in [7, 11) is 0. The lowest BCUT2D eigenvalue weighted by Gasteiger charge is -2.11. The lowest BCUT2D eigenvalue weighted by Crippen LogP contribution is -1.96. The zero-order chi connectivity index (χ0) is 14.8. The summed E-state index contributed by atoms with van der Waals surface area (Å²) < 4.78 is 19.8. The van der Waals surface area contributed by atoms with Gasteiger partial charge in [-0.15, -0.1) is 11.8 Å². The highest BCUT2D eigenvalue weighted by atomic mass is 32.2. The maximum absolute atomic E-state index is 14.2. The Morgan fingerprint density at radius 2 is 1.95 bits per heavy atom. The van der Waals surface area contributed by atoms with Gasteiger partial charge in [0.25, 0.3) is 0 Å². The molecule has 21 heavy (non-hydrogen) atoms. The van der Waals surface area contributed by atoms with Crippen LogP contribution in [0.15, 0.2) is 53.6 Å². The van der Waals surface area contributed by atoms with Crippen molar-refractivity contribution in [1.82, 2.24) is 4.98 Å². The molecular weight excluding hydrogens is 287 g/mol. The van der Waals surface area contributed by atoms with Gasteiger partial charge in [0.2, 0.25) is 0 Å². The van der Waals surface area contributed by atoms with Crippen molar-refractivity contribution < 1.29 is 9.13 Å². The summed E-state index contributed by atoms with van der Waals surface area (Å²) in [5.41, 5.74) is 6.59. The Labute approximate surface area is 125 Å². The SMILES string of the molecule is CSc1ccc(Oc2c(F)cc(N)c3cccnc23)cc1. The van der Waals surface area contributed by atoms with Crippen molar-refractivity contribution in [3.63, 3.8) is 0 Å². The minimum Gasteiger partial charge on any atom is -0.452 e. The molecule has 106 valence electrons. The van der Waals surface area contributed by atoms with E-state index in [1.165, 1.54) is 6.07 Å². The number of nitrogens with zero attached hydrogens (tertiary/aromatic N) is 1. The summed E-state index contributed by atoms with van der Waals surface area (Å²) >= 11 is 1.63. The van der Waals surface area contributed by atoms with Crippen molar-refractivity contribution in [2.24, 2.45) is 0 Å². The number of benzene rings is 2. The number of hydrogen-bond donors (Lipinski definition) is 1. The number of thioether (sulfide) groups is 1. The Morgan fingerprint density at radius 3 is 2.67 bits per heavy atom.